The summed E-state index contributed by atoms with van der Waals surface area (Å²) in [5, 5.41) is 5.07. The van der Waals surface area contributed by atoms with Gasteiger partial charge < -0.3 is 15.0 Å². The van der Waals surface area contributed by atoms with E-state index in [0.29, 0.717) is 6.61 Å². The molecule has 2 N–H and O–H groups in total. The van der Waals surface area contributed by atoms with Crippen LogP contribution in [0.5, 0.6) is 5.75 Å². The first kappa shape index (κ1) is 15.3. The third-order valence-corrected chi connectivity index (χ3v) is 4.98. The molecule has 1 aromatic heterocycles. The van der Waals surface area contributed by atoms with E-state index >= 15 is 0 Å². The Kier molecular flexibility index (Phi) is 4.03. The number of fused-ring (bicyclic) bond motifs is 3. The predicted molar refractivity (Wildman–Crippen MR) is 98.8 cm³/mol. The number of benzene rings is 2. The van der Waals surface area contributed by atoms with Gasteiger partial charge in [-0.15, -0.1) is 0 Å². The zero-order valence-electron chi connectivity index (χ0n) is 14.4. The smallest absolute Gasteiger partial charge is 0.119 e. The second-order valence-corrected chi connectivity index (χ2v) is 6.35. The summed E-state index contributed by atoms with van der Waals surface area (Å²) in [6, 6.07) is 15.4. The number of nitrogens with one attached hydrogen (secondary N) is 2. The van der Waals surface area contributed by atoms with Crippen LogP contribution < -0.4 is 10.1 Å². The first-order valence-corrected chi connectivity index (χ1v) is 8.90. The number of H-pyrrole nitrogens is 1. The van der Waals surface area contributed by atoms with E-state index < -0.39 is 0 Å². The minimum absolute atomic E-state index is 0.228. The Hall–Kier alpha value is -2.26. The molecule has 3 aromatic rings. The van der Waals surface area contributed by atoms with Gasteiger partial charge in [0.15, 0.2) is 0 Å². The van der Waals surface area contributed by atoms with Gasteiger partial charge in [-0.2, -0.15) is 0 Å². The lowest BCUT2D eigenvalue weighted by Crippen LogP contribution is -2.31. The monoisotopic (exact) mass is 320 g/mol. The van der Waals surface area contributed by atoms with Crippen LogP contribution in [0.2, 0.25) is 0 Å². The Morgan fingerprint density at radius 2 is 2.00 bits per heavy atom. The van der Waals surface area contributed by atoms with Crippen molar-refractivity contribution in [3.8, 4) is 5.75 Å². The highest BCUT2D eigenvalue weighted by atomic mass is 16.5. The molecule has 0 saturated heterocycles. The van der Waals surface area contributed by atoms with Crippen molar-refractivity contribution in [2.24, 2.45) is 0 Å². The van der Waals surface area contributed by atoms with Gasteiger partial charge in [0.1, 0.15) is 5.75 Å². The van der Waals surface area contributed by atoms with Crippen LogP contribution in [0.3, 0.4) is 0 Å². The quantitative estimate of drug-likeness (QED) is 0.749. The van der Waals surface area contributed by atoms with E-state index in [1.165, 1.54) is 33.3 Å². The Morgan fingerprint density at radius 1 is 1.12 bits per heavy atom. The van der Waals surface area contributed by atoms with E-state index in [-0.39, 0.29) is 6.04 Å². The van der Waals surface area contributed by atoms with Crippen LogP contribution in [0.15, 0.2) is 42.5 Å². The summed E-state index contributed by atoms with van der Waals surface area (Å²) in [5.41, 5.74) is 6.73. The van der Waals surface area contributed by atoms with E-state index in [2.05, 4.69) is 59.7 Å². The molecule has 2 heterocycles. The minimum Gasteiger partial charge on any atom is -0.494 e. The number of hydrogen-bond donors (Lipinski definition) is 2. The number of para-hydroxylation sites is 1. The minimum atomic E-state index is 0.228. The number of aromatic amines is 1. The summed E-state index contributed by atoms with van der Waals surface area (Å²) in [6.07, 6.45) is 2.08. The molecule has 1 aliphatic heterocycles. The van der Waals surface area contributed by atoms with Gasteiger partial charge in [0.25, 0.3) is 0 Å². The maximum atomic E-state index is 5.68. The fourth-order valence-corrected chi connectivity index (χ4v) is 3.87. The van der Waals surface area contributed by atoms with Crippen LogP contribution in [0, 0.1) is 0 Å². The van der Waals surface area contributed by atoms with Crippen molar-refractivity contribution >= 4 is 10.9 Å². The molecule has 24 heavy (non-hydrogen) atoms. The molecule has 4 rings (SSSR count). The van der Waals surface area contributed by atoms with Gasteiger partial charge in [-0.25, -0.2) is 0 Å². The van der Waals surface area contributed by atoms with Crippen molar-refractivity contribution in [2.45, 2.75) is 32.7 Å². The zero-order valence-corrected chi connectivity index (χ0v) is 14.4. The SMILES string of the molecule is CCOc1ccc(C2NCCc3c2[nH]c2ccccc32)c(CC)c1. The molecule has 3 nitrogen and oxygen atoms in total. The normalized spacial score (nSPS) is 17.0. The van der Waals surface area contributed by atoms with E-state index in [1.54, 1.807) is 0 Å². The summed E-state index contributed by atoms with van der Waals surface area (Å²) >= 11 is 0. The number of rotatable bonds is 4. The lowest BCUT2D eigenvalue weighted by molar-refractivity contribution is 0.339. The van der Waals surface area contributed by atoms with Crippen LogP contribution in [0.25, 0.3) is 10.9 Å². The van der Waals surface area contributed by atoms with E-state index in [1.807, 2.05) is 6.92 Å². The fraction of sp³-hybridized carbons (Fsp3) is 0.333. The molecular formula is C21H24N2O. The first-order chi connectivity index (χ1) is 11.8. The molecule has 0 fully saturated rings. The fourth-order valence-electron chi connectivity index (χ4n) is 3.87. The van der Waals surface area contributed by atoms with E-state index in [4.69, 9.17) is 4.74 Å². The van der Waals surface area contributed by atoms with Gasteiger partial charge in [-0.1, -0.05) is 31.2 Å². The van der Waals surface area contributed by atoms with E-state index in [0.717, 1.165) is 25.1 Å². The van der Waals surface area contributed by atoms with Crippen molar-refractivity contribution in [3.63, 3.8) is 0 Å². The third-order valence-electron chi connectivity index (χ3n) is 4.98. The molecule has 124 valence electrons. The zero-order chi connectivity index (χ0) is 16.5. The van der Waals surface area contributed by atoms with E-state index in [9.17, 15) is 0 Å². The Balaban J connectivity index is 1.81. The summed E-state index contributed by atoms with van der Waals surface area (Å²) < 4.78 is 5.68. The van der Waals surface area contributed by atoms with Gasteiger partial charge in [0.05, 0.1) is 12.6 Å². The van der Waals surface area contributed by atoms with Gasteiger partial charge >= 0.3 is 0 Å². The molecular weight excluding hydrogens is 296 g/mol. The maximum absolute atomic E-state index is 5.68. The maximum Gasteiger partial charge on any atom is 0.119 e. The number of ether oxygens (including phenoxy) is 1. The summed E-state index contributed by atoms with van der Waals surface area (Å²) in [4.78, 5) is 3.66. The van der Waals surface area contributed by atoms with Crippen LogP contribution in [-0.2, 0) is 12.8 Å². The highest BCUT2D eigenvalue weighted by Crippen LogP contribution is 2.35. The Bertz CT molecular complexity index is 865. The molecule has 0 bridgehead atoms. The topological polar surface area (TPSA) is 37.0 Å². The number of aryl methyl sites for hydroxylation is 1. The van der Waals surface area contributed by atoms with Gasteiger partial charge in [0.2, 0.25) is 0 Å². The van der Waals surface area contributed by atoms with Gasteiger partial charge in [-0.05, 0) is 54.7 Å². The van der Waals surface area contributed by atoms with Gasteiger partial charge in [-0.3, -0.25) is 0 Å². The van der Waals surface area contributed by atoms with Crippen LogP contribution >= 0.6 is 0 Å². The molecule has 0 spiro atoms. The molecule has 0 aliphatic carbocycles. The lowest BCUT2D eigenvalue weighted by Gasteiger charge is -2.27. The lowest BCUT2D eigenvalue weighted by atomic mass is 9.90. The number of hydrogen-bond acceptors (Lipinski definition) is 2. The van der Waals surface area contributed by atoms with Crippen LogP contribution in [0.1, 0.15) is 42.3 Å². The highest BCUT2D eigenvalue weighted by Gasteiger charge is 2.26. The van der Waals surface area contributed by atoms with Crippen LogP contribution in [-0.4, -0.2) is 18.1 Å². The molecule has 1 atom stereocenters. The largest absolute Gasteiger partial charge is 0.494 e. The van der Waals surface area contributed by atoms with Crippen molar-refractivity contribution in [1.82, 2.24) is 10.3 Å². The molecule has 2 aromatic carbocycles. The summed E-state index contributed by atoms with van der Waals surface area (Å²) in [7, 11) is 0. The third kappa shape index (κ3) is 2.49. The van der Waals surface area contributed by atoms with Gasteiger partial charge in [0, 0.05) is 23.1 Å². The van der Waals surface area contributed by atoms with Crippen molar-refractivity contribution in [2.75, 3.05) is 13.2 Å². The molecule has 0 amide bonds. The molecule has 0 radical (unpaired) electrons. The second-order valence-electron chi connectivity index (χ2n) is 6.35. The molecule has 3 heteroatoms. The number of aromatic nitrogens is 1. The van der Waals surface area contributed by atoms with Crippen molar-refractivity contribution in [3.05, 3.63) is 64.8 Å². The Labute approximate surface area is 143 Å². The second kappa shape index (κ2) is 6.33. The Morgan fingerprint density at radius 3 is 2.83 bits per heavy atom. The van der Waals surface area contributed by atoms with Crippen LogP contribution in [0.4, 0.5) is 0 Å². The molecule has 1 aliphatic rings. The standard InChI is InChI=1S/C21H24N2O/c1-3-14-13-15(24-4-2)9-10-16(14)20-21-18(11-12-22-20)17-7-5-6-8-19(17)23-21/h5-10,13,20,22-23H,3-4,11-12H2,1-2H3. The summed E-state index contributed by atoms with van der Waals surface area (Å²) in [5.74, 6) is 0.964. The van der Waals surface area contributed by atoms with Crippen molar-refractivity contribution in [1.29, 1.82) is 0 Å². The average Bonchev–Trinajstić information content (AvgIpc) is 3.01. The summed E-state index contributed by atoms with van der Waals surface area (Å²) in [6.45, 7) is 5.95. The predicted octanol–water partition coefficient (Wildman–Crippen LogP) is 4.36. The molecule has 0 saturated carbocycles. The molecule has 1 unspecified atom stereocenters. The highest BCUT2D eigenvalue weighted by molar-refractivity contribution is 5.85. The first-order valence-electron chi connectivity index (χ1n) is 8.90. The van der Waals surface area contributed by atoms with Crippen molar-refractivity contribution < 1.29 is 4.74 Å². The average molecular weight is 320 g/mol.